The number of nitrogens with zero attached hydrogens (tertiary/aromatic N) is 1. The standard InChI is InChI=1S/C12H26N2O2/c13-11-9-7-5-3-1-2-4-6-8-10-12-14(15)16/h1-13H2. The maximum atomic E-state index is 10.1. The van der Waals surface area contributed by atoms with E-state index in [1.807, 2.05) is 0 Å². The molecule has 96 valence electrons. The zero-order valence-electron chi connectivity index (χ0n) is 10.3. The van der Waals surface area contributed by atoms with E-state index >= 15 is 0 Å². The van der Waals surface area contributed by atoms with Gasteiger partial charge in [0.25, 0.3) is 0 Å². The van der Waals surface area contributed by atoms with E-state index in [4.69, 9.17) is 5.73 Å². The molecule has 0 bridgehead atoms. The Balaban J connectivity index is 2.90. The molecule has 0 aromatic rings. The van der Waals surface area contributed by atoms with Crippen LogP contribution in [-0.2, 0) is 0 Å². The van der Waals surface area contributed by atoms with Crippen molar-refractivity contribution in [3.05, 3.63) is 10.1 Å². The highest BCUT2D eigenvalue weighted by molar-refractivity contribution is 4.48. The van der Waals surface area contributed by atoms with Crippen LogP contribution in [-0.4, -0.2) is 18.0 Å². The fourth-order valence-electron chi connectivity index (χ4n) is 1.80. The van der Waals surface area contributed by atoms with E-state index < -0.39 is 0 Å². The molecule has 0 aliphatic rings. The lowest BCUT2D eigenvalue weighted by Gasteiger charge is -2.01. The second-order valence-corrected chi connectivity index (χ2v) is 4.38. The number of hydrogen-bond donors (Lipinski definition) is 1. The lowest BCUT2D eigenvalue weighted by Crippen LogP contribution is -1.99. The van der Waals surface area contributed by atoms with E-state index in [2.05, 4.69) is 0 Å². The SMILES string of the molecule is NCCCCCCCCCCCC[N+](=O)[O-]. The van der Waals surface area contributed by atoms with Crippen LogP contribution in [0.4, 0.5) is 0 Å². The number of nitrogens with two attached hydrogens (primary N) is 1. The van der Waals surface area contributed by atoms with Crippen LogP contribution in [0.15, 0.2) is 0 Å². The van der Waals surface area contributed by atoms with Crippen LogP contribution < -0.4 is 5.73 Å². The molecule has 4 nitrogen and oxygen atoms in total. The number of hydrogen-bond acceptors (Lipinski definition) is 3. The minimum absolute atomic E-state index is 0.138. The van der Waals surface area contributed by atoms with Crippen LogP contribution in [0.5, 0.6) is 0 Å². The average Bonchev–Trinajstić information content (AvgIpc) is 2.25. The lowest BCUT2D eigenvalue weighted by molar-refractivity contribution is -0.480. The number of nitro groups is 1. The summed E-state index contributed by atoms with van der Waals surface area (Å²) in [5.74, 6) is 0. The summed E-state index contributed by atoms with van der Waals surface area (Å²) in [5.41, 5.74) is 5.41. The molecule has 0 atom stereocenters. The summed E-state index contributed by atoms with van der Waals surface area (Å²) in [4.78, 5) is 9.83. The average molecular weight is 230 g/mol. The van der Waals surface area contributed by atoms with Gasteiger partial charge in [0.05, 0.1) is 0 Å². The first-order chi connectivity index (χ1) is 7.77. The van der Waals surface area contributed by atoms with Crippen molar-refractivity contribution < 1.29 is 4.92 Å². The molecular weight excluding hydrogens is 204 g/mol. The van der Waals surface area contributed by atoms with Crippen molar-refractivity contribution in [1.82, 2.24) is 0 Å². The zero-order chi connectivity index (χ0) is 12.1. The van der Waals surface area contributed by atoms with Crippen LogP contribution in [0, 0.1) is 10.1 Å². The maximum Gasteiger partial charge on any atom is 0.203 e. The molecule has 16 heavy (non-hydrogen) atoms. The van der Waals surface area contributed by atoms with Gasteiger partial charge in [-0.25, -0.2) is 0 Å². The van der Waals surface area contributed by atoms with Gasteiger partial charge in [-0.3, -0.25) is 10.1 Å². The smallest absolute Gasteiger partial charge is 0.203 e. The summed E-state index contributed by atoms with van der Waals surface area (Å²) in [7, 11) is 0. The van der Waals surface area contributed by atoms with Crippen molar-refractivity contribution in [2.75, 3.05) is 13.1 Å². The van der Waals surface area contributed by atoms with Crippen LogP contribution in [0.2, 0.25) is 0 Å². The molecule has 0 unspecified atom stereocenters. The molecule has 0 aliphatic heterocycles. The van der Waals surface area contributed by atoms with Gasteiger partial charge < -0.3 is 5.73 Å². The summed E-state index contributed by atoms with van der Waals surface area (Å²) in [6.45, 7) is 0.954. The Hall–Kier alpha value is -0.640. The fraction of sp³-hybridized carbons (Fsp3) is 1.00. The third-order valence-electron chi connectivity index (χ3n) is 2.79. The minimum atomic E-state index is -0.225. The molecule has 2 N–H and O–H groups in total. The molecule has 0 rings (SSSR count). The third kappa shape index (κ3) is 13.4. The predicted octanol–water partition coefficient (Wildman–Crippen LogP) is 3.12. The molecule has 0 aromatic heterocycles. The van der Waals surface area contributed by atoms with Gasteiger partial charge in [-0.1, -0.05) is 44.9 Å². The van der Waals surface area contributed by atoms with Gasteiger partial charge in [0.2, 0.25) is 6.54 Å². The van der Waals surface area contributed by atoms with Gasteiger partial charge in [0.1, 0.15) is 0 Å². The molecule has 0 amide bonds. The van der Waals surface area contributed by atoms with E-state index in [1.165, 1.54) is 38.5 Å². The van der Waals surface area contributed by atoms with Gasteiger partial charge in [0.15, 0.2) is 0 Å². The van der Waals surface area contributed by atoms with Crippen molar-refractivity contribution >= 4 is 0 Å². The molecule has 0 heterocycles. The van der Waals surface area contributed by atoms with Crippen LogP contribution in [0.3, 0.4) is 0 Å². The second-order valence-electron chi connectivity index (χ2n) is 4.38. The van der Waals surface area contributed by atoms with Crippen molar-refractivity contribution in [1.29, 1.82) is 0 Å². The fourth-order valence-corrected chi connectivity index (χ4v) is 1.80. The molecule has 0 aromatic carbocycles. The van der Waals surface area contributed by atoms with E-state index in [1.54, 1.807) is 0 Å². The number of unbranched alkanes of at least 4 members (excludes halogenated alkanes) is 9. The van der Waals surface area contributed by atoms with Crippen LogP contribution in [0.25, 0.3) is 0 Å². The van der Waals surface area contributed by atoms with Crippen LogP contribution >= 0.6 is 0 Å². The third-order valence-corrected chi connectivity index (χ3v) is 2.79. The molecule has 4 heteroatoms. The Bertz CT molecular complexity index is 163. The summed E-state index contributed by atoms with van der Waals surface area (Å²) >= 11 is 0. The zero-order valence-corrected chi connectivity index (χ0v) is 10.3. The highest BCUT2D eigenvalue weighted by atomic mass is 16.6. The quantitative estimate of drug-likeness (QED) is 0.318. The molecule has 0 saturated carbocycles. The Morgan fingerprint density at radius 3 is 1.50 bits per heavy atom. The van der Waals surface area contributed by atoms with Crippen LogP contribution in [0.1, 0.15) is 64.2 Å². The van der Waals surface area contributed by atoms with E-state index in [9.17, 15) is 10.1 Å². The topological polar surface area (TPSA) is 69.2 Å². The van der Waals surface area contributed by atoms with Crippen molar-refractivity contribution in [3.8, 4) is 0 Å². The first kappa shape index (κ1) is 15.4. The van der Waals surface area contributed by atoms with E-state index in [0.29, 0.717) is 0 Å². The molecule has 0 spiro atoms. The Morgan fingerprint density at radius 2 is 1.12 bits per heavy atom. The van der Waals surface area contributed by atoms with E-state index in [0.717, 1.165) is 32.2 Å². The summed E-state index contributed by atoms with van der Waals surface area (Å²) in [6.07, 6.45) is 11.7. The molecule has 0 radical (unpaired) electrons. The second kappa shape index (κ2) is 12.4. The summed E-state index contributed by atoms with van der Waals surface area (Å²) in [6, 6.07) is 0. The Labute approximate surface area is 98.7 Å². The van der Waals surface area contributed by atoms with Crippen molar-refractivity contribution in [2.24, 2.45) is 5.73 Å². The van der Waals surface area contributed by atoms with Gasteiger partial charge in [0, 0.05) is 11.3 Å². The summed E-state index contributed by atoms with van der Waals surface area (Å²) < 4.78 is 0. The van der Waals surface area contributed by atoms with Gasteiger partial charge in [-0.2, -0.15) is 0 Å². The normalized spacial score (nSPS) is 10.6. The summed E-state index contributed by atoms with van der Waals surface area (Å²) in [5, 5.41) is 10.1. The maximum absolute atomic E-state index is 10.1. The van der Waals surface area contributed by atoms with Crippen molar-refractivity contribution in [2.45, 2.75) is 64.2 Å². The first-order valence-electron chi connectivity index (χ1n) is 6.59. The predicted molar refractivity (Wildman–Crippen MR) is 67.1 cm³/mol. The molecule has 0 aliphatic carbocycles. The molecular formula is C12H26N2O2. The number of rotatable bonds is 12. The first-order valence-corrected chi connectivity index (χ1v) is 6.59. The minimum Gasteiger partial charge on any atom is -0.330 e. The molecule has 0 fully saturated rings. The Morgan fingerprint density at radius 1 is 0.750 bits per heavy atom. The van der Waals surface area contributed by atoms with E-state index in [-0.39, 0.29) is 11.5 Å². The van der Waals surface area contributed by atoms with Crippen molar-refractivity contribution in [3.63, 3.8) is 0 Å². The van der Waals surface area contributed by atoms with Gasteiger partial charge in [-0.05, 0) is 19.4 Å². The highest BCUT2D eigenvalue weighted by Crippen LogP contribution is 2.10. The van der Waals surface area contributed by atoms with Gasteiger partial charge in [-0.15, -0.1) is 0 Å². The van der Waals surface area contributed by atoms with Gasteiger partial charge >= 0.3 is 0 Å². The highest BCUT2D eigenvalue weighted by Gasteiger charge is 1.96. The largest absolute Gasteiger partial charge is 0.330 e. The lowest BCUT2D eigenvalue weighted by atomic mass is 10.1. The molecule has 0 saturated heterocycles. The monoisotopic (exact) mass is 230 g/mol. The Kier molecular flexibility index (Phi) is 11.9.